The van der Waals surface area contributed by atoms with Gasteiger partial charge in [0.1, 0.15) is 0 Å². The van der Waals surface area contributed by atoms with Gasteiger partial charge in [0.05, 0.1) is 29.5 Å². The average Bonchev–Trinajstić information content (AvgIpc) is 3.62. The van der Waals surface area contributed by atoms with Crippen LogP contribution >= 0.6 is 11.6 Å². The number of ketones is 2. The summed E-state index contributed by atoms with van der Waals surface area (Å²) in [5.41, 5.74) is 0.447. The molecular formula is C41H27ClN2O4. The normalized spacial score (nSPS) is 23.0. The van der Waals surface area contributed by atoms with Crippen molar-refractivity contribution in [1.29, 1.82) is 0 Å². The van der Waals surface area contributed by atoms with E-state index in [-0.39, 0.29) is 34.8 Å². The Bertz CT molecular complexity index is 2240. The van der Waals surface area contributed by atoms with E-state index >= 15 is 9.59 Å². The number of hydrogen-bond donors (Lipinski definition) is 1. The number of carbonyl (C=O) groups is 3. The monoisotopic (exact) mass is 646 g/mol. The first kappa shape index (κ1) is 28.6. The lowest BCUT2D eigenvalue weighted by Crippen LogP contribution is -2.53. The molecule has 232 valence electrons. The van der Waals surface area contributed by atoms with Gasteiger partial charge in [0.2, 0.25) is 0 Å². The summed E-state index contributed by atoms with van der Waals surface area (Å²) in [6.45, 7) is 0.269. The van der Waals surface area contributed by atoms with Crippen LogP contribution in [0.4, 0.5) is 5.69 Å². The van der Waals surface area contributed by atoms with Crippen molar-refractivity contribution in [2.75, 3.05) is 4.90 Å². The average molecular weight is 647 g/mol. The summed E-state index contributed by atoms with van der Waals surface area (Å²) in [5, 5.41) is 14.2. The lowest BCUT2D eigenvalue weighted by molar-refractivity contribution is -0.113. The molecule has 5 aromatic rings. The van der Waals surface area contributed by atoms with E-state index in [1.807, 2.05) is 66.7 Å². The van der Waals surface area contributed by atoms with Gasteiger partial charge in [-0.05, 0) is 46.5 Å². The molecule has 0 aromatic heterocycles. The van der Waals surface area contributed by atoms with Crippen molar-refractivity contribution in [1.82, 2.24) is 4.90 Å². The second-order valence-corrected chi connectivity index (χ2v) is 13.0. The number of benzene rings is 5. The first-order valence-corrected chi connectivity index (χ1v) is 16.2. The van der Waals surface area contributed by atoms with Crippen LogP contribution in [0.3, 0.4) is 0 Å². The zero-order valence-corrected chi connectivity index (χ0v) is 26.3. The van der Waals surface area contributed by atoms with E-state index in [1.54, 1.807) is 82.7 Å². The van der Waals surface area contributed by atoms with Crippen molar-refractivity contribution in [2.24, 2.45) is 5.41 Å². The molecule has 0 bridgehead atoms. The van der Waals surface area contributed by atoms with E-state index in [1.165, 1.54) is 0 Å². The molecule has 6 nitrogen and oxygen atoms in total. The fourth-order valence-corrected chi connectivity index (χ4v) is 8.49. The van der Waals surface area contributed by atoms with Crippen LogP contribution in [0, 0.1) is 5.41 Å². The number of fused-ring (bicyclic) bond motifs is 6. The fourth-order valence-electron chi connectivity index (χ4n) is 8.32. The maximum Gasteiger partial charge on any atom is 0.261 e. The van der Waals surface area contributed by atoms with E-state index in [9.17, 15) is 9.90 Å². The Balaban J connectivity index is 1.42. The molecule has 0 saturated carbocycles. The quantitative estimate of drug-likeness (QED) is 0.161. The fraction of sp³-hybridized carbons (Fsp3) is 0.0976. The molecule has 7 heteroatoms. The van der Waals surface area contributed by atoms with Crippen molar-refractivity contribution in [2.45, 2.75) is 18.2 Å². The van der Waals surface area contributed by atoms with Crippen LogP contribution in [0.5, 0.6) is 0 Å². The van der Waals surface area contributed by atoms with Crippen LogP contribution in [-0.4, -0.2) is 27.5 Å². The minimum atomic E-state index is -2.28. The standard InChI is InChI=1S/C41H27ClN2O4/c42-28-19-20-33-32(23-28)34(39(47)44(33)24-25-11-3-1-4-12-25)36-41(48,27-14-5-2-6-15-27)40(37(45)30-17-9-10-18-31(30)38(40)46)35-29-16-8-7-13-26(29)21-22-43(35)36/h1-23,35,48H,24H2/b36-34+. The Hall–Kier alpha value is -5.56. The van der Waals surface area contributed by atoms with Gasteiger partial charge in [-0.25, -0.2) is 0 Å². The number of rotatable bonds is 3. The smallest absolute Gasteiger partial charge is 0.261 e. The largest absolute Gasteiger partial charge is 0.377 e. The van der Waals surface area contributed by atoms with Crippen LogP contribution < -0.4 is 4.90 Å². The zero-order chi connectivity index (χ0) is 32.8. The minimum Gasteiger partial charge on any atom is -0.377 e. The molecule has 1 amide bonds. The number of nitrogens with zero attached hydrogens (tertiary/aromatic N) is 2. The molecule has 2 unspecified atom stereocenters. The molecule has 1 aliphatic carbocycles. The number of Topliss-reactive ketones (excluding diaryl/α,β-unsaturated/α-hetero) is 2. The highest BCUT2D eigenvalue weighted by Crippen LogP contribution is 2.69. The number of anilines is 1. The molecule has 1 saturated heterocycles. The van der Waals surface area contributed by atoms with Crippen LogP contribution in [0.15, 0.2) is 139 Å². The van der Waals surface area contributed by atoms with Gasteiger partial charge in [0.25, 0.3) is 5.91 Å². The summed E-state index contributed by atoms with van der Waals surface area (Å²) in [7, 11) is 0. The number of carbonyl (C=O) groups excluding carboxylic acids is 3. The van der Waals surface area contributed by atoms with Gasteiger partial charge in [-0.3, -0.25) is 14.4 Å². The third kappa shape index (κ3) is 3.53. The van der Waals surface area contributed by atoms with E-state index in [2.05, 4.69) is 0 Å². The summed E-state index contributed by atoms with van der Waals surface area (Å²) >= 11 is 6.62. The molecular weight excluding hydrogens is 620 g/mol. The molecule has 1 spiro atoms. The molecule has 1 fully saturated rings. The summed E-state index contributed by atoms with van der Waals surface area (Å²) < 4.78 is 0. The number of aliphatic hydroxyl groups is 1. The number of hydrogen-bond acceptors (Lipinski definition) is 5. The number of halogens is 1. The van der Waals surface area contributed by atoms with Gasteiger partial charge in [0.15, 0.2) is 22.6 Å². The van der Waals surface area contributed by atoms with E-state index in [0.717, 1.165) is 11.1 Å². The molecule has 48 heavy (non-hydrogen) atoms. The first-order valence-electron chi connectivity index (χ1n) is 15.8. The maximum absolute atomic E-state index is 15.2. The topological polar surface area (TPSA) is 77.9 Å². The van der Waals surface area contributed by atoms with E-state index in [0.29, 0.717) is 27.4 Å². The van der Waals surface area contributed by atoms with Crippen molar-refractivity contribution >= 4 is 46.4 Å². The Morgan fingerprint density at radius 2 is 1.33 bits per heavy atom. The second-order valence-electron chi connectivity index (χ2n) is 12.6. The SMILES string of the molecule is O=C1/C(=C2/N3C=Cc4ccccc4C3C3(C(=O)c4ccccc4C3=O)C2(O)c2ccccc2)c2cc(Cl)ccc2N1Cc1ccccc1. The summed E-state index contributed by atoms with van der Waals surface area (Å²) in [6, 6.07) is 37.1. The predicted molar refractivity (Wildman–Crippen MR) is 184 cm³/mol. The molecule has 5 aromatic carbocycles. The highest BCUT2D eigenvalue weighted by molar-refractivity contribution is 6.37. The van der Waals surface area contributed by atoms with Gasteiger partial charge >= 0.3 is 0 Å². The molecule has 4 aliphatic rings. The van der Waals surface area contributed by atoms with Crippen molar-refractivity contribution < 1.29 is 19.5 Å². The lowest BCUT2D eigenvalue weighted by atomic mass is 9.60. The molecule has 3 aliphatic heterocycles. The molecule has 1 N–H and O–H groups in total. The molecule has 2 atom stereocenters. The van der Waals surface area contributed by atoms with Crippen molar-refractivity contribution in [3.8, 4) is 0 Å². The van der Waals surface area contributed by atoms with Crippen LogP contribution in [0.25, 0.3) is 11.6 Å². The predicted octanol–water partition coefficient (Wildman–Crippen LogP) is 7.59. The third-order valence-corrected chi connectivity index (χ3v) is 10.5. The summed E-state index contributed by atoms with van der Waals surface area (Å²) in [4.78, 5) is 48.8. The van der Waals surface area contributed by atoms with Gasteiger partial charge < -0.3 is 14.9 Å². The Kier molecular flexibility index (Phi) is 6.10. The Morgan fingerprint density at radius 1 is 0.708 bits per heavy atom. The Morgan fingerprint density at radius 3 is 2.04 bits per heavy atom. The first-order chi connectivity index (χ1) is 23.4. The van der Waals surface area contributed by atoms with Crippen LogP contribution in [-0.2, 0) is 16.9 Å². The second kappa shape index (κ2) is 10.2. The maximum atomic E-state index is 15.2. The summed E-state index contributed by atoms with van der Waals surface area (Å²) in [5.74, 6) is -1.33. The van der Waals surface area contributed by atoms with Crippen LogP contribution in [0.1, 0.15) is 54.6 Å². The van der Waals surface area contributed by atoms with E-state index in [4.69, 9.17) is 11.6 Å². The van der Waals surface area contributed by atoms with Crippen molar-refractivity contribution in [3.05, 3.63) is 183 Å². The van der Waals surface area contributed by atoms with Gasteiger partial charge in [-0.2, -0.15) is 0 Å². The lowest BCUT2D eigenvalue weighted by Gasteiger charge is -2.40. The van der Waals surface area contributed by atoms with Crippen LogP contribution in [0.2, 0.25) is 5.02 Å². The molecule has 3 heterocycles. The highest BCUT2D eigenvalue weighted by atomic mass is 35.5. The Labute approximate surface area is 281 Å². The summed E-state index contributed by atoms with van der Waals surface area (Å²) in [6.07, 6.45) is 3.69. The molecule has 0 radical (unpaired) electrons. The van der Waals surface area contributed by atoms with Gasteiger partial charge in [-0.1, -0.05) is 121 Å². The number of amides is 1. The zero-order valence-electron chi connectivity index (χ0n) is 25.5. The third-order valence-electron chi connectivity index (χ3n) is 10.3. The van der Waals surface area contributed by atoms with Gasteiger partial charge in [0, 0.05) is 27.9 Å². The minimum absolute atomic E-state index is 0.169. The van der Waals surface area contributed by atoms with Gasteiger partial charge in [-0.15, -0.1) is 0 Å². The highest BCUT2D eigenvalue weighted by Gasteiger charge is 2.77. The van der Waals surface area contributed by atoms with E-state index < -0.39 is 28.6 Å². The molecule has 9 rings (SSSR count). The van der Waals surface area contributed by atoms with Crippen molar-refractivity contribution in [3.63, 3.8) is 0 Å².